The van der Waals surface area contributed by atoms with Crippen molar-refractivity contribution >= 4 is 28.6 Å². The monoisotopic (exact) mass is 423 g/mol. The lowest BCUT2D eigenvalue weighted by molar-refractivity contribution is -0.147. The van der Waals surface area contributed by atoms with Crippen LogP contribution in [0.4, 0.5) is 0 Å². The first kappa shape index (κ1) is 20.1. The standard InChI is InChI=1S/C24H29N3O4/c1-31-16-6-7-21-19(12-16)20(13-25-21)15-8-10-26(11-9-15)22(28)14-27-23(29)17-4-2-3-5-18(17)24(27)30/h6-7,12-13,15,17-18,25H,2-5,8-11,14H2,1H3. The summed E-state index contributed by atoms with van der Waals surface area (Å²) >= 11 is 0. The minimum Gasteiger partial charge on any atom is -0.497 e. The SMILES string of the molecule is COc1ccc2[nH]cc(C3CCN(C(=O)CN4C(=O)C5CCCCC5C4=O)CC3)c2c1. The summed E-state index contributed by atoms with van der Waals surface area (Å²) in [5, 5.41) is 1.17. The Morgan fingerprint density at radius 3 is 2.39 bits per heavy atom. The minimum atomic E-state index is -0.196. The van der Waals surface area contributed by atoms with Crippen molar-refractivity contribution in [2.45, 2.75) is 44.4 Å². The van der Waals surface area contributed by atoms with E-state index < -0.39 is 0 Å². The van der Waals surface area contributed by atoms with Gasteiger partial charge in [-0.1, -0.05) is 12.8 Å². The molecular formula is C24H29N3O4. The molecule has 164 valence electrons. The zero-order valence-electron chi connectivity index (χ0n) is 17.9. The summed E-state index contributed by atoms with van der Waals surface area (Å²) in [6, 6.07) is 6.03. The van der Waals surface area contributed by atoms with Crippen molar-refractivity contribution in [2.24, 2.45) is 11.8 Å². The maximum atomic E-state index is 12.9. The average Bonchev–Trinajstić information content (AvgIpc) is 3.34. The number of hydrogen-bond donors (Lipinski definition) is 1. The van der Waals surface area contributed by atoms with Gasteiger partial charge in [0.25, 0.3) is 0 Å². The number of imide groups is 1. The van der Waals surface area contributed by atoms with Crippen LogP contribution in [0, 0.1) is 11.8 Å². The minimum absolute atomic E-state index is 0.0976. The van der Waals surface area contributed by atoms with Crippen molar-refractivity contribution in [3.05, 3.63) is 30.0 Å². The van der Waals surface area contributed by atoms with Crippen molar-refractivity contribution in [1.29, 1.82) is 0 Å². The molecule has 0 radical (unpaired) electrons. The molecule has 3 heterocycles. The molecule has 2 saturated heterocycles. The number of piperidine rings is 1. The van der Waals surface area contributed by atoms with Gasteiger partial charge in [-0.3, -0.25) is 19.3 Å². The number of H-pyrrole nitrogens is 1. The predicted octanol–water partition coefficient (Wildman–Crippen LogP) is 3.06. The Hall–Kier alpha value is -2.83. The predicted molar refractivity (Wildman–Crippen MR) is 116 cm³/mol. The van der Waals surface area contributed by atoms with E-state index in [4.69, 9.17) is 4.74 Å². The van der Waals surface area contributed by atoms with Gasteiger partial charge in [-0.15, -0.1) is 0 Å². The number of aromatic nitrogens is 1. The number of methoxy groups -OCH3 is 1. The number of likely N-dealkylation sites (tertiary alicyclic amines) is 2. The van der Waals surface area contributed by atoms with Crippen LogP contribution >= 0.6 is 0 Å². The number of amides is 3. The summed E-state index contributed by atoms with van der Waals surface area (Å²) in [5.41, 5.74) is 2.34. The number of carbonyl (C=O) groups is 3. The second kappa shape index (κ2) is 8.02. The normalized spacial score (nSPS) is 24.7. The van der Waals surface area contributed by atoms with Gasteiger partial charge in [0.1, 0.15) is 12.3 Å². The zero-order chi connectivity index (χ0) is 21.5. The maximum absolute atomic E-state index is 12.9. The van der Waals surface area contributed by atoms with E-state index >= 15 is 0 Å². The first-order valence-electron chi connectivity index (χ1n) is 11.3. The Morgan fingerprint density at radius 1 is 1.06 bits per heavy atom. The van der Waals surface area contributed by atoms with Gasteiger partial charge in [-0.2, -0.15) is 0 Å². The number of aromatic amines is 1. The van der Waals surface area contributed by atoms with Crippen molar-refractivity contribution < 1.29 is 19.1 Å². The van der Waals surface area contributed by atoms with E-state index in [0.29, 0.717) is 19.0 Å². The number of rotatable bonds is 4. The lowest BCUT2D eigenvalue weighted by atomic mass is 9.81. The highest BCUT2D eigenvalue weighted by Gasteiger charge is 2.48. The molecule has 1 N–H and O–H groups in total. The maximum Gasteiger partial charge on any atom is 0.242 e. The molecule has 2 atom stereocenters. The van der Waals surface area contributed by atoms with E-state index in [1.54, 1.807) is 7.11 Å². The lowest BCUT2D eigenvalue weighted by Crippen LogP contribution is -2.45. The third kappa shape index (κ3) is 3.50. The molecule has 3 aliphatic rings. The molecule has 2 aromatic rings. The highest BCUT2D eigenvalue weighted by atomic mass is 16.5. The number of hydrogen-bond acceptors (Lipinski definition) is 4. The zero-order valence-corrected chi connectivity index (χ0v) is 17.9. The summed E-state index contributed by atoms with van der Waals surface area (Å²) in [4.78, 5) is 44.6. The average molecular weight is 424 g/mol. The highest BCUT2D eigenvalue weighted by molar-refractivity contribution is 6.07. The molecule has 3 amide bonds. The molecular weight excluding hydrogens is 394 g/mol. The first-order chi connectivity index (χ1) is 15.1. The smallest absolute Gasteiger partial charge is 0.242 e. The summed E-state index contributed by atoms with van der Waals surface area (Å²) in [6.07, 6.45) is 7.34. The van der Waals surface area contributed by atoms with Crippen LogP contribution in [-0.4, -0.2) is 59.2 Å². The van der Waals surface area contributed by atoms with Crippen molar-refractivity contribution in [3.63, 3.8) is 0 Å². The van der Waals surface area contributed by atoms with Gasteiger partial charge in [0.05, 0.1) is 18.9 Å². The summed E-state index contributed by atoms with van der Waals surface area (Å²) < 4.78 is 5.37. The van der Waals surface area contributed by atoms with Crippen LogP contribution in [0.1, 0.15) is 50.0 Å². The van der Waals surface area contributed by atoms with Gasteiger partial charge in [-0.25, -0.2) is 0 Å². The van der Waals surface area contributed by atoms with Crippen molar-refractivity contribution in [1.82, 2.24) is 14.8 Å². The third-order valence-corrected chi connectivity index (χ3v) is 7.43. The first-order valence-corrected chi connectivity index (χ1v) is 11.3. The fourth-order valence-electron chi connectivity index (χ4n) is 5.65. The number of ether oxygens (including phenoxy) is 1. The van der Waals surface area contributed by atoms with Gasteiger partial charge < -0.3 is 14.6 Å². The highest BCUT2D eigenvalue weighted by Crippen LogP contribution is 2.38. The Balaban J connectivity index is 1.22. The molecule has 31 heavy (non-hydrogen) atoms. The van der Waals surface area contributed by atoms with Crippen LogP contribution in [0.15, 0.2) is 24.4 Å². The third-order valence-electron chi connectivity index (χ3n) is 7.43. The Morgan fingerprint density at radius 2 is 1.74 bits per heavy atom. The molecule has 1 aromatic carbocycles. The topological polar surface area (TPSA) is 82.7 Å². The van der Waals surface area contributed by atoms with Crippen LogP contribution in [0.2, 0.25) is 0 Å². The number of fused-ring (bicyclic) bond motifs is 2. The largest absolute Gasteiger partial charge is 0.497 e. The Kier molecular flexibility index (Phi) is 5.20. The van der Waals surface area contributed by atoms with Crippen LogP contribution in [-0.2, 0) is 14.4 Å². The quantitative estimate of drug-likeness (QED) is 0.767. The van der Waals surface area contributed by atoms with E-state index in [1.807, 2.05) is 17.0 Å². The summed E-state index contributed by atoms with van der Waals surface area (Å²) in [6.45, 7) is 1.19. The molecule has 0 spiro atoms. The van der Waals surface area contributed by atoms with E-state index in [1.165, 1.54) is 15.8 Å². The van der Waals surface area contributed by atoms with Crippen molar-refractivity contribution in [3.8, 4) is 5.75 Å². The number of carbonyl (C=O) groups excluding carboxylic acids is 3. The Labute approximate surface area is 181 Å². The fraction of sp³-hybridized carbons (Fsp3) is 0.542. The van der Waals surface area contributed by atoms with Gasteiger partial charge in [-0.05, 0) is 55.4 Å². The molecule has 3 fully saturated rings. The van der Waals surface area contributed by atoms with Gasteiger partial charge in [0.2, 0.25) is 17.7 Å². The number of nitrogens with zero attached hydrogens (tertiary/aromatic N) is 2. The van der Waals surface area contributed by atoms with Crippen LogP contribution < -0.4 is 4.74 Å². The van der Waals surface area contributed by atoms with Crippen molar-refractivity contribution in [2.75, 3.05) is 26.7 Å². The van der Waals surface area contributed by atoms with Crippen LogP contribution in [0.3, 0.4) is 0 Å². The van der Waals surface area contributed by atoms with E-state index in [2.05, 4.69) is 17.2 Å². The molecule has 1 aliphatic carbocycles. The number of nitrogens with one attached hydrogen (secondary N) is 1. The molecule has 7 heteroatoms. The van der Waals surface area contributed by atoms with E-state index in [-0.39, 0.29) is 36.1 Å². The van der Waals surface area contributed by atoms with E-state index in [0.717, 1.165) is 49.8 Å². The molecule has 2 unspecified atom stereocenters. The fourth-order valence-corrected chi connectivity index (χ4v) is 5.65. The Bertz CT molecular complexity index is 997. The molecule has 0 bridgehead atoms. The van der Waals surface area contributed by atoms with E-state index in [9.17, 15) is 14.4 Å². The molecule has 2 aliphatic heterocycles. The number of benzene rings is 1. The summed E-state index contributed by atoms with van der Waals surface area (Å²) in [5.74, 6) is 0.428. The van der Waals surface area contributed by atoms with Crippen LogP contribution in [0.25, 0.3) is 10.9 Å². The molecule has 1 saturated carbocycles. The molecule has 7 nitrogen and oxygen atoms in total. The van der Waals surface area contributed by atoms with Crippen LogP contribution in [0.5, 0.6) is 5.75 Å². The summed E-state index contributed by atoms with van der Waals surface area (Å²) in [7, 11) is 1.67. The van der Waals surface area contributed by atoms with Gasteiger partial charge >= 0.3 is 0 Å². The van der Waals surface area contributed by atoms with Gasteiger partial charge in [0, 0.05) is 30.2 Å². The molecule has 1 aromatic heterocycles. The lowest BCUT2D eigenvalue weighted by Gasteiger charge is -2.33. The second-order valence-corrected chi connectivity index (χ2v) is 9.07. The molecule has 5 rings (SSSR count). The second-order valence-electron chi connectivity index (χ2n) is 9.07. The van der Waals surface area contributed by atoms with Gasteiger partial charge in [0.15, 0.2) is 0 Å².